The molecule has 7 aromatic carbocycles. The average Bonchev–Trinajstić information content (AvgIpc) is 3.71. The van der Waals surface area contributed by atoms with Crippen molar-refractivity contribution >= 4 is 104 Å². The third-order valence-electron chi connectivity index (χ3n) is 9.66. The van der Waals surface area contributed by atoms with Gasteiger partial charge in [-0.15, -0.1) is 0 Å². The van der Waals surface area contributed by atoms with Gasteiger partial charge in [0.05, 0.1) is 16.4 Å². The van der Waals surface area contributed by atoms with Crippen LogP contribution >= 0.6 is 22.6 Å². The lowest BCUT2D eigenvalue weighted by molar-refractivity contribution is 1.21. The molecule has 0 amide bonds. The Kier molecular flexibility index (Phi) is 4.14. The van der Waals surface area contributed by atoms with E-state index in [4.69, 9.17) is 4.98 Å². The highest BCUT2D eigenvalue weighted by atomic mass is 127. The summed E-state index contributed by atoms with van der Waals surface area (Å²) in [4.78, 5) is 28.4. The van der Waals surface area contributed by atoms with Gasteiger partial charge in [0.15, 0.2) is 0 Å². The summed E-state index contributed by atoms with van der Waals surface area (Å²) in [6, 6.07) is 27.9. The molecule has 0 fully saturated rings. The number of fused-ring (bicyclic) bond motifs is 7. The fourth-order valence-corrected chi connectivity index (χ4v) is 8.44. The summed E-state index contributed by atoms with van der Waals surface area (Å²) in [6.07, 6.45) is 7.36. The van der Waals surface area contributed by atoms with Crippen LogP contribution in [0, 0.1) is 3.57 Å². The number of hydrogen-bond acceptors (Lipinski definition) is 4. The molecule has 0 bridgehead atoms. The molecule has 0 saturated heterocycles. The van der Waals surface area contributed by atoms with Crippen molar-refractivity contribution in [3.05, 3.63) is 118 Å². The highest BCUT2D eigenvalue weighted by molar-refractivity contribution is 14.1. The van der Waals surface area contributed by atoms with Crippen molar-refractivity contribution in [1.82, 2.24) is 19.4 Å². The molecule has 6 heteroatoms. The highest BCUT2D eigenvalue weighted by Gasteiger charge is 2.29. The van der Waals surface area contributed by atoms with Gasteiger partial charge in [0, 0.05) is 33.7 Å². The number of benzene rings is 6. The molecular weight excluding hydrogens is 655 g/mol. The Balaban J connectivity index is 1.50. The number of halogens is 1. The Labute approximate surface area is 261 Å². The molecule has 0 atom stereocenters. The van der Waals surface area contributed by atoms with Gasteiger partial charge < -0.3 is 0 Å². The molecule has 11 aromatic rings. The first-order valence-corrected chi connectivity index (χ1v) is 15.6. The van der Waals surface area contributed by atoms with Crippen molar-refractivity contribution < 1.29 is 0 Å². The molecule has 0 aliphatic carbocycles. The number of rotatable bonds is 2. The summed E-state index contributed by atoms with van der Waals surface area (Å²) >= 11 is 2.31. The fraction of sp³-hybridized carbons (Fsp3) is 0. The van der Waals surface area contributed by atoms with Crippen molar-refractivity contribution in [3.63, 3.8) is 0 Å². The van der Waals surface area contributed by atoms with Crippen molar-refractivity contribution in [2.45, 2.75) is 0 Å². The summed E-state index contributed by atoms with van der Waals surface area (Å²) in [5.74, 6) is 0. The van der Waals surface area contributed by atoms with Crippen LogP contribution in [0.1, 0.15) is 0 Å². The Morgan fingerprint density at radius 2 is 1.11 bits per heavy atom. The van der Waals surface area contributed by atoms with Crippen LogP contribution in [0.4, 0.5) is 0 Å². The first-order chi connectivity index (χ1) is 21.7. The zero-order chi connectivity index (χ0) is 28.8. The standard InChI is InChI=1S/C38H17IN4O/c39-21-3-6-29-28(15-21)42-37-35-26-16-24(18-7-11-40-12-8-18)22-4-1-20-2-5-23-25(19-9-13-41-14-10-19)17-27(36(35)38(44)43(29)37)34-32(23)30(20)31(22)33(26)34/h1-17H. The minimum atomic E-state index is -0.0191. The number of nitrogens with zero attached hydrogens (tertiary/aromatic N) is 4. The van der Waals surface area contributed by atoms with E-state index in [1.165, 1.54) is 43.1 Å². The minimum Gasteiger partial charge on any atom is -0.268 e. The molecule has 0 unspecified atom stereocenters. The maximum absolute atomic E-state index is 14.7. The maximum Gasteiger partial charge on any atom is 0.265 e. The second-order valence-corrected chi connectivity index (χ2v) is 12.9. The topological polar surface area (TPSA) is 60.2 Å². The molecule has 11 rings (SSSR count). The normalized spacial score (nSPS) is 12.8. The first-order valence-electron chi connectivity index (χ1n) is 14.5. The van der Waals surface area contributed by atoms with Crippen LogP contribution < -0.4 is 5.56 Å². The van der Waals surface area contributed by atoms with Gasteiger partial charge >= 0.3 is 0 Å². The Morgan fingerprint density at radius 3 is 1.73 bits per heavy atom. The lowest BCUT2D eigenvalue weighted by Crippen LogP contribution is -2.06. The van der Waals surface area contributed by atoms with Gasteiger partial charge in [-0.05, 0) is 153 Å². The van der Waals surface area contributed by atoms with E-state index in [-0.39, 0.29) is 5.56 Å². The van der Waals surface area contributed by atoms with Crippen LogP contribution in [0.2, 0.25) is 0 Å². The van der Waals surface area contributed by atoms with E-state index in [9.17, 15) is 4.79 Å². The predicted octanol–water partition coefficient (Wildman–Crippen LogP) is 9.25. The Hall–Kier alpha value is -5.21. The van der Waals surface area contributed by atoms with E-state index in [2.05, 4.69) is 99.3 Å². The molecule has 0 aliphatic rings. The molecular formula is C38H17IN4O. The summed E-state index contributed by atoms with van der Waals surface area (Å²) in [7, 11) is 0. The molecule has 0 spiro atoms. The van der Waals surface area contributed by atoms with Crippen molar-refractivity contribution in [2.75, 3.05) is 0 Å². The SMILES string of the molecule is O=c1c2c3cc(-c4ccncc4)c4ccc5ccc6c(-c7ccncc7)cc(c7c6c5c4c37)c2c2nc3cc(I)ccc3n12. The summed E-state index contributed by atoms with van der Waals surface area (Å²) in [6.45, 7) is 0. The van der Waals surface area contributed by atoms with Gasteiger partial charge in [0.2, 0.25) is 0 Å². The van der Waals surface area contributed by atoms with Crippen LogP contribution in [-0.2, 0) is 0 Å². The molecule has 4 heterocycles. The highest BCUT2D eigenvalue weighted by Crippen LogP contribution is 2.54. The first kappa shape index (κ1) is 23.3. The third kappa shape index (κ3) is 2.63. The molecule has 5 nitrogen and oxygen atoms in total. The predicted molar refractivity (Wildman–Crippen MR) is 188 cm³/mol. The summed E-state index contributed by atoms with van der Waals surface area (Å²) in [5, 5.41) is 13.4. The van der Waals surface area contributed by atoms with Gasteiger partial charge in [0.1, 0.15) is 5.65 Å². The zero-order valence-corrected chi connectivity index (χ0v) is 25.0. The maximum atomic E-state index is 14.7. The van der Waals surface area contributed by atoms with E-state index in [1.54, 1.807) is 0 Å². The molecule has 44 heavy (non-hydrogen) atoms. The monoisotopic (exact) mass is 672 g/mol. The van der Waals surface area contributed by atoms with Crippen LogP contribution in [-0.4, -0.2) is 19.4 Å². The fourth-order valence-electron chi connectivity index (χ4n) is 7.96. The Morgan fingerprint density at radius 1 is 0.545 bits per heavy atom. The van der Waals surface area contributed by atoms with E-state index in [0.29, 0.717) is 0 Å². The number of aromatic nitrogens is 4. The second-order valence-electron chi connectivity index (χ2n) is 11.7. The lowest BCUT2D eigenvalue weighted by atomic mass is 9.89. The lowest BCUT2D eigenvalue weighted by Gasteiger charge is -2.13. The van der Waals surface area contributed by atoms with Gasteiger partial charge in [-0.3, -0.25) is 19.2 Å². The van der Waals surface area contributed by atoms with E-state index in [0.717, 1.165) is 64.0 Å². The van der Waals surface area contributed by atoms with Crippen LogP contribution in [0.3, 0.4) is 0 Å². The zero-order valence-electron chi connectivity index (χ0n) is 22.9. The number of pyridine rings is 2. The minimum absolute atomic E-state index is 0.0191. The average molecular weight is 672 g/mol. The molecule has 0 aliphatic heterocycles. The molecule has 202 valence electrons. The van der Waals surface area contributed by atoms with Gasteiger partial charge in [-0.2, -0.15) is 0 Å². The van der Waals surface area contributed by atoms with Gasteiger partial charge in [-0.1, -0.05) is 24.3 Å². The third-order valence-corrected chi connectivity index (χ3v) is 10.3. The van der Waals surface area contributed by atoms with Gasteiger partial charge in [0.25, 0.3) is 5.56 Å². The summed E-state index contributed by atoms with van der Waals surface area (Å²) in [5.41, 5.74) is 6.80. The van der Waals surface area contributed by atoms with Gasteiger partial charge in [-0.25, -0.2) is 4.98 Å². The molecule has 4 aromatic heterocycles. The smallest absolute Gasteiger partial charge is 0.265 e. The number of imidazole rings is 1. The van der Waals surface area contributed by atoms with Crippen LogP contribution in [0.15, 0.2) is 108 Å². The van der Waals surface area contributed by atoms with E-state index >= 15 is 0 Å². The molecule has 0 N–H and O–H groups in total. The van der Waals surface area contributed by atoms with E-state index in [1.807, 2.05) is 41.3 Å². The molecule has 0 saturated carbocycles. The van der Waals surface area contributed by atoms with Crippen molar-refractivity contribution in [1.29, 1.82) is 0 Å². The second kappa shape index (κ2) is 7.84. The largest absolute Gasteiger partial charge is 0.268 e. The summed E-state index contributed by atoms with van der Waals surface area (Å²) < 4.78 is 2.92. The van der Waals surface area contributed by atoms with Crippen LogP contribution in [0.25, 0.3) is 104 Å². The quantitative estimate of drug-likeness (QED) is 0.136. The van der Waals surface area contributed by atoms with Crippen molar-refractivity contribution in [3.8, 4) is 22.3 Å². The van der Waals surface area contributed by atoms with Crippen molar-refractivity contribution in [2.24, 2.45) is 0 Å². The molecule has 0 radical (unpaired) electrons. The van der Waals surface area contributed by atoms with E-state index < -0.39 is 0 Å². The Bertz CT molecular complexity index is 3000. The van der Waals surface area contributed by atoms with Crippen LogP contribution in [0.5, 0.6) is 0 Å². The number of hydrogen-bond donors (Lipinski definition) is 0.